The van der Waals surface area contributed by atoms with Crippen LogP contribution in [0.1, 0.15) is 17.5 Å². The molecule has 0 aliphatic carbocycles. The third kappa shape index (κ3) is 2.88. The number of fused-ring (bicyclic) bond motifs is 1. The van der Waals surface area contributed by atoms with Crippen molar-refractivity contribution >= 4 is 21.4 Å². The molecule has 0 bridgehead atoms. The maximum Gasteiger partial charge on any atom is 0.261 e. The van der Waals surface area contributed by atoms with E-state index in [9.17, 15) is 8.42 Å². The average molecular weight is 302 g/mol. The Kier molecular flexibility index (Phi) is 3.59. The summed E-state index contributed by atoms with van der Waals surface area (Å²) in [5, 5.41) is 3.26. The Labute approximate surface area is 125 Å². The van der Waals surface area contributed by atoms with Crippen LogP contribution in [-0.4, -0.2) is 15.0 Å². The highest BCUT2D eigenvalue weighted by molar-refractivity contribution is 7.92. The molecule has 0 unspecified atom stereocenters. The van der Waals surface area contributed by atoms with Gasteiger partial charge in [-0.05, 0) is 49.1 Å². The predicted octanol–water partition coefficient (Wildman–Crippen LogP) is 3.15. The van der Waals surface area contributed by atoms with Gasteiger partial charge in [0.2, 0.25) is 0 Å². The van der Waals surface area contributed by atoms with Crippen LogP contribution in [0.3, 0.4) is 0 Å². The molecule has 0 aromatic heterocycles. The molecule has 0 radical (unpaired) electrons. The first-order valence-electron chi connectivity index (χ1n) is 7.01. The normalized spacial score (nSPS) is 14.1. The van der Waals surface area contributed by atoms with Crippen molar-refractivity contribution in [2.75, 3.05) is 16.6 Å². The summed E-state index contributed by atoms with van der Waals surface area (Å²) in [4.78, 5) is 0.291. The third-order valence-corrected chi connectivity index (χ3v) is 5.08. The quantitative estimate of drug-likeness (QED) is 0.915. The molecule has 0 fully saturated rings. The first kappa shape index (κ1) is 13.9. The standard InChI is InChI=1S/C16H18N2O2S/c1-12-5-2-3-7-15(12)18-21(19,20)14-9-8-13-6-4-10-17-16(13)11-14/h2-3,5,7-9,11,17-18H,4,6,10H2,1H3. The summed E-state index contributed by atoms with van der Waals surface area (Å²) in [5.74, 6) is 0. The molecule has 21 heavy (non-hydrogen) atoms. The number of hydrogen-bond donors (Lipinski definition) is 2. The number of aryl methyl sites for hydroxylation is 2. The fraction of sp³-hybridized carbons (Fsp3) is 0.250. The summed E-state index contributed by atoms with van der Waals surface area (Å²) in [6, 6.07) is 12.6. The fourth-order valence-electron chi connectivity index (χ4n) is 2.50. The maximum atomic E-state index is 12.5. The van der Waals surface area contributed by atoms with Gasteiger partial charge in [-0.25, -0.2) is 8.42 Å². The maximum absolute atomic E-state index is 12.5. The van der Waals surface area contributed by atoms with Crippen molar-refractivity contribution in [1.82, 2.24) is 0 Å². The van der Waals surface area contributed by atoms with Crippen molar-refractivity contribution in [1.29, 1.82) is 0 Å². The monoisotopic (exact) mass is 302 g/mol. The van der Waals surface area contributed by atoms with E-state index in [4.69, 9.17) is 0 Å². The molecule has 2 N–H and O–H groups in total. The highest BCUT2D eigenvalue weighted by Crippen LogP contribution is 2.26. The van der Waals surface area contributed by atoms with Gasteiger partial charge in [-0.2, -0.15) is 0 Å². The van der Waals surface area contributed by atoms with Crippen LogP contribution in [0.25, 0.3) is 0 Å². The van der Waals surface area contributed by atoms with E-state index in [-0.39, 0.29) is 0 Å². The van der Waals surface area contributed by atoms with Gasteiger partial charge in [0.25, 0.3) is 10.0 Å². The zero-order chi connectivity index (χ0) is 14.9. The third-order valence-electron chi connectivity index (χ3n) is 3.72. The summed E-state index contributed by atoms with van der Waals surface area (Å²) >= 11 is 0. The summed E-state index contributed by atoms with van der Waals surface area (Å²) in [6.07, 6.45) is 2.08. The minimum Gasteiger partial charge on any atom is -0.385 e. The van der Waals surface area contributed by atoms with E-state index in [1.807, 2.05) is 31.2 Å². The van der Waals surface area contributed by atoms with Crippen LogP contribution >= 0.6 is 0 Å². The van der Waals surface area contributed by atoms with E-state index in [0.717, 1.165) is 30.6 Å². The second-order valence-corrected chi connectivity index (χ2v) is 6.95. The van der Waals surface area contributed by atoms with Gasteiger partial charge >= 0.3 is 0 Å². The second kappa shape index (κ2) is 5.41. The van der Waals surface area contributed by atoms with Crippen molar-refractivity contribution in [3.63, 3.8) is 0 Å². The summed E-state index contributed by atoms with van der Waals surface area (Å²) in [6.45, 7) is 2.77. The first-order valence-corrected chi connectivity index (χ1v) is 8.50. The van der Waals surface area contributed by atoms with Gasteiger partial charge in [-0.15, -0.1) is 0 Å². The zero-order valence-electron chi connectivity index (χ0n) is 11.9. The van der Waals surface area contributed by atoms with E-state index in [2.05, 4.69) is 10.0 Å². The van der Waals surface area contributed by atoms with Gasteiger partial charge in [0.15, 0.2) is 0 Å². The summed E-state index contributed by atoms with van der Waals surface area (Å²) in [7, 11) is -3.56. The minimum absolute atomic E-state index is 0.291. The van der Waals surface area contributed by atoms with Crippen LogP contribution in [0.2, 0.25) is 0 Å². The molecule has 1 aliphatic heterocycles. The molecule has 3 rings (SSSR count). The molecule has 5 heteroatoms. The molecule has 0 amide bonds. The van der Waals surface area contributed by atoms with Gasteiger partial charge in [0, 0.05) is 12.2 Å². The van der Waals surface area contributed by atoms with Crippen LogP contribution < -0.4 is 10.0 Å². The molecule has 2 aromatic carbocycles. The molecule has 2 aromatic rings. The van der Waals surface area contributed by atoms with E-state index >= 15 is 0 Å². The summed E-state index contributed by atoms with van der Waals surface area (Å²) < 4.78 is 27.7. The van der Waals surface area contributed by atoms with Crippen molar-refractivity contribution < 1.29 is 8.42 Å². The Bertz CT molecular complexity index is 770. The van der Waals surface area contributed by atoms with Gasteiger partial charge in [-0.3, -0.25) is 4.72 Å². The molecular weight excluding hydrogens is 284 g/mol. The van der Waals surface area contributed by atoms with Crippen LogP contribution in [-0.2, 0) is 16.4 Å². The molecule has 4 nitrogen and oxygen atoms in total. The molecule has 0 saturated carbocycles. The Morgan fingerprint density at radius 3 is 2.76 bits per heavy atom. The number of rotatable bonds is 3. The molecule has 0 saturated heterocycles. The Morgan fingerprint density at radius 1 is 1.14 bits per heavy atom. The minimum atomic E-state index is -3.56. The van der Waals surface area contributed by atoms with E-state index in [0.29, 0.717) is 10.6 Å². The number of para-hydroxylation sites is 1. The predicted molar refractivity (Wildman–Crippen MR) is 85.2 cm³/mol. The molecule has 110 valence electrons. The number of benzene rings is 2. The van der Waals surface area contributed by atoms with E-state index < -0.39 is 10.0 Å². The van der Waals surface area contributed by atoms with E-state index in [1.54, 1.807) is 18.2 Å². The molecule has 1 aliphatic rings. The van der Waals surface area contributed by atoms with Gasteiger partial charge in [0.1, 0.15) is 0 Å². The molecule has 0 atom stereocenters. The van der Waals surface area contributed by atoms with Crippen molar-refractivity contribution in [2.45, 2.75) is 24.7 Å². The molecule has 1 heterocycles. The van der Waals surface area contributed by atoms with Crippen LogP contribution in [0, 0.1) is 6.92 Å². The lowest BCUT2D eigenvalue weighted by atomic mass is 10.0. The second-order valence-electron chi connectivity index (χ2n) is 5.27. The van der Waals surface area contributed by atoms with Crippen LogP contribution in [0.5, 0.6) is 0 Å². The Balaban J connectivity index is 1.93. The Morgan fingerprint density at radius 2 is 1.95 bits per heavy atom. The highest BCUT2D eigenvalue weighted by Gasteiger charge is 2.18. The lowest BCUT2D eigenvalue weighted by molar-refractivity contribution is 0.601. The fourth-order valence-corrected chi connectivity index (χ4v) is 3.65. The van der Waals surface area contributed by atoms with Crippen LogP contribution in [0.4, 0.5) is 11.4 Å². The number of nitrogens with one attached hydrogen (secondary N) is 2. The number of sulfonamides is 1. The van der Waals surface area contributed by atoms with Gasteiger partial charge in [0.05, 0.1) is 10.6 Å². The lowest BCUT2D eigenvalue weighted by Gasteiger charge is -2.19. The number of anilines is 2. The average Bonchev–Trinajstić information content (AvgIpc) is 2.49. The largest absolute Gasteiger partial charge is 0.385 e. The number of hydrogen-bond acceptors (Lipinski definition) is 3. The first-order chi connectivity index (χ1) is 10.1. The van der Waals surface area contributed by atoms with Crippen molar-refractivity contribution in [2.24, 2.45) is 0 Å². The van der Waals surface area contributed by atoms with Gasteiger partial charge in [-0.1, -0.05) is 24.3 Å². The molecular formula is C16H18N2O2S. The smallest absolute Gasteiger partial charge is 0.261 e. The Hall–Kier alpha value is -2.01. The highest BCUT2D eigenvalue weighted by atomic mass is 32.2. The summed E-state index contributed by atoms with van der Waals surface area (Å²) in [5.41, 5.74) is 3.62. The van der Waals surface area contributed by atoms with Crippen molar-refractivity contribution in [3.05, 3.63) is 53.6 Å². The van der Waals surface area contributed by atoms with Crippen LogP contribution in [0.15, 0.2) is 47.4 Å². The SMILES string of the molecule is Cc1ccccc1NS(=O)(=O)c1ccc2c(c1)NCCC2. The topological polar surface area (TPSA) is 58.2 Å². The zero-order valence-corrected chi connectivity index (χ0v) is 12.7. The molecule has 0 spiro atoms. The van der Waals surface area contributed by atoms with Crippen molar-refractivity contribution in [3.8, 4) is 0 Å². The van der Waals surface area contributed by atoms with E-state index in [1.165, 1.54) is 5.56 Å². The lowest BCUT2D eigenvalue weighted by Crippen LogP contribution is -2.16. The van der Waals surface area contributed by atoms with Gasteiger partial charge < -0.3 is 5.32 Å².